The van der Waals surface area contributed by atoms with Gasteiger partial charge in [-0.15, -0.1) is 0 Å². The number of fused-ring (bicyclic) bond motifs is 3. The maximum atomic E-state index is 5.43. The van der Waals surface area contributed by atoms with Crippen LogP contribution >= 0.6 is 0 Å². The first-order valence-electron chi connectivity index (χ1n) is 37.0. The van der Waals surface area contributed by atoms with Crippen LogP contribution in [0.1, 0.15) is 136 Å². The molecule has 5 N–H and O–H groups in total. The molecule has 0 radical (unpaired) electrons. The summed E-state index contributed by atoms with van der Waals surface area (Å²) in [6.45, 7) is 31.2. The van der Waals surface area contributed by atoms with Crippen LogP contribution in [-0.4, -0.2) is 206 Å². The van der Waals surface area contributed by atoms with Crippen LogP contribution in [-0.2, 0) is 44.0 Å². The highest BCUT2D eigenvalue weighted by molar-refractivity contribution is 5.56. The molecule has 0 spiro atoms. The molecule has 0 unspecified atom stereocenters. The number of nitrogens with zero attached hydrogens (tertiary/aromatic N) is 22. The summed E-state index contributed by atoms with van der Waals surface area (Å²) in [7, 11) is 2.15. The summed E-state index contributed by atoms with van der Waals surface area (Å²) in [5.41, 5.74) is 12.4. The lowest BCUT2D eigenvalue weighted by Crippen LogP contribution is -2.40. The molecule has 0 bridgehead atoms. The fourth-order valence-corrected chi connectivity index (χ4v) is 13.4. The van der Waals surface area contributed by atoms with E-state index in [4.69, 9.17) is 34.6 Å². The SMILES string of the molecule is CC(C)c1cnn2c(NCc3ccccc3-n3cccn3)nc(CN(C)CCN3CCCC3)nc12.CC(C)c1cnn2c(NCc3ccccc3-n3cccn3)nc(CNCCN3CCCC3)nc12.CC(C)c1cnn2c(NCc3ccccc3-n3cccn3)nc(CNCCN3CCOCC3)nc12. The van der Waals surface area contributed by atoms with E-state index >= 15 is 0 Å². The fraction of sp³-hybridized carbons (Fsp3) is 0.447. The molecular formula is C76H101N27O. The molecule has 15 rings (SSSR count). The van der Waals surface area contributed by atoms with Gasteiger partial charge in [0.25, 0.3) is 0 Å². The highest BCUT2D eigenvalue weighted by atomic mass is 16.5. The number of anilines is 3. The van der Waals surface area contributed by atoms with Gasteiger partial charge in [-0.3, -0.25) is 9.80 Å². The van der Waals surface area contributed by atoms with Gasteiger partial charge < -0.3 is 41.1 Å². The van der Waals surface area contributed by atoms with Crippen LogP contribution in [0.4, 0.5) is 17.8 Å². The van der Waals surface area contributed by atoms with Crippen molar-refractivity contribution < 1.29 is 4.74 Å². The molecule has 0 atom stereocenters. The smallest absolute Gasteiger partial charge is 0.227 e. The fourth-order valence-electron chi connectivity index (χ4n) is 13.4. The number of aromatic nitrogens is 18. The lowest BCUT2D eigenvalue weighted by Gasteiger charge is -2.26. The number of benzene rings is 3. The molecule has 0 aliphatic carbocycles. The number of morpholine rings is 1. The Hall–Kier alpha value is -9.94. The van der Waals surface area contributed by atoms with E-state index in [1.807, 2.05) is 119 Å². The largest absolute Gasteiger partial charge is 0.379 e. The highest BCUT2D eigenvalue weighted by Gasteiger charge is 2.22. The van der Waals surface area contributed by atoms with Crippen LogP contribution in [0.2, 0.25) is 0 Å². The zero-order valence-corrected chi connectivity index (χ0v) is 61.3. The molecule has 0 saturated carbocycles. The van der Waals surface area contributed by atoms with Gasteiger partial charge in [0.1, 0.15) is 17.5 Å². The summed E-state index contributed by atoms with van der Waals surface area (Å²) in [5, 5.41) is 44.6. The van der Waals surface area contributed by atoms with Gasteiger partial charge in [0, 0.05) is 126 Å². The number of hydrogen-bond donors (Lipinski definition) is 5. The van der Waals surface area contributed by atoms with Crippen molar-refractivity contribution >= 4 is 34.8 Å². The van der Waals surface area contributed by atoms with Gasteiger partial charge in [-0.05, 0) is 130 Å². The quantitative estimate of drug-likeness (QED) is 0.0263. The molecule has 28 nitrogen and oxygen atoms in total. The lowest BCUT2D eigenvalue weighted by molar-refractivity contribution is 0.0384. The molecule has 12 aromatic rings. The molecule has 3 aliphatic rings. The molecule has 3 aliphatic heterocycles. The molecule has 3 saturated heterocycles. The topological polar surface area (TPSA) is 265 Å². The van der Waals surface area contributed by atoms with Crippen LogP contribution < -0.4 is 26.6 Å². The molecule has 9 aromatic heterocycles. The number of likely N-dealkylation sites (N-methyl/N-ethyl adjacent to an activating group) is 1. The van der Waals surface area contributed by atoms with Crippen LogP contribution in [0.25, 0.3) is 34.0 Å². The van der Waals surface area contributed by atoms with Crippen molar-refractivity contribution in [2.24, 2.45) is 0 Å². The highest BCUT2D eigenvalue weighted by Crippen LogP contribution is 2.27. The normalized spacial score (nSPS) is 14.6. The third-order valence-corrected chi connectivity index (χ3v) is 19.2. The maximum Gasteiger partial charge on any atom is 0.227 e. The maximum absolute atomic E-state index is 5.43. The first kappa shape index (κ1) is 72.4. The van der Waals surface area contributed by atoms with Gasteiger partial charge in [-0.1, -0.05) is 96.1 Å². The Morgan fingerprint density at radius 3 is 1.13 bits per heavy atom. The van der Waals surface area contributed by atoms with Gasteiger partial charge in [-0.25, -0.2) is 29.0 Å². The summed E-state index contributed by atoms with van der Waals surface area (Å²) in [5.74, 6) is 5.41. The second kappa shape index (κ2) is 35.5. The average Bonchev–Trinajstić information content (AvgIpc) is 1.61. The summed E-state index contributed by atoms with van der Waals surface area (Å²) < 4.78 is 16.5. The van der Waals surface area contributed by atoms with Crippen molar-refractivity contribution in [3.05, 3.63) is 198 Å². The van der Waals surface area contributed by atoms with E-state index in [-0.39, 0.29) is 0 Å². The number of nitrogens with one attached hydrogen (secondary N) is 5. The Bertz CT molecular complexity index is 4600. The van der Waals surface area contributed by atoms with E-state index in [9.17, 15) is 0 Å². The number of para-hydroxylation sites is 3. The van der Waals surface area contributed by atoms with E-state index in [0.717, 1.165) is 150 Å². The Balaban J connectivity index is 0.000000139. The Morgan fingerprint density at radius 1 is 0.404 bits per heavy atom. The summed E-state index contributed by atoms with van der Waals surface area (Å²) in [4.78, 5) is 39.0. The molecule has 0 amide bonds. The molecule has 12 heterocycles. The number of ether oxygens (including phenoxy) is 1. The zero-order valence-electron chi connectivity index (χ0n) is 61.3. The molecule has 3 aromatic carbocycles. The molecule has 28 heteroatoms. The summed E-state index contributed by atoms with van der Waals surface area (Å²) in [6, 6.07) is 30.5. The Labute approximate surface area is 608 Å². The minimum Gasteiger partial charge on any atom is -0.379 e. The third-order valence-electron chi connectivity index (χ3n) is 19.2. The van der Waals surface area contributed by atoms with Crippen LogP contribution in [0.5, 0.6) is 0 Å². The summed E-state index contributed by atoms with van der Waals surface area (Å²) >= 11 is 0. The Morgan fingerprint density at radius 2 is 0.760 bits per heavy atom. The van der Waals surface area contributed by atoms with E-state index in [0.29, 0.717) is 74.9 Å². The van der Waals surface area contributed by atoms with Crippen molar-refractivity contribution in [2.45, 2.75) is 124 Å². The third kappa shape index (κ3) is 18.5. The predicted octanol–water partition coefficient (Wildman–Crippen LogP) is 9.27. The second-order valence-corrected chi connectivity index (χ2v) is 27.8. The van der Waals surface area contributed by atoms with Crippen molar-refractivity contribution in [2.75, 3.05) is 115 Å². The minimum absolute atomic E-state index is 0.318. The van der Waals surface area contributed by atoms with Crippen molar-refractivity contribution in [3.63, 3.8) is 0 Å². The van der Waals surface area contributed by atoms with Crippen molar-refractivity contribution in [3.8, 4) is 17.1 Å². The van der Waals surface area contributed by atoms with Gasteiger partial charge >= 0.3 is 0 Å². The molecule has 546 valence electrons. The van der Waals surface area contributed by atoms with E-state index < -0.39 is 0 Å². The Kier molecular flexibility index (Phi) is 24.7. The van der Waals surface area contributed by atoms with E-state index in [1.165, 1.54) is 51.9 Å². The predicted molar refractivity (Wildman–Crippen MR) is 406 cm³/mol. The van der Waals surface area contributed by atoms with Gasteiger partial charge in [0.05, 0.1) is 68.5 Å². The van der Waals surface area contributed by atoms with Gasteiger partial charge in [-0.2, -0.15) is 59.1 Å². The van der Waals surface area contributed by atoms with E-state index in [2.05, 4.69) is 162 Å². The minimum atomic E-state index is 0.318. The number of rotatable bonds is 30. The van der Waals surface area contributed by atoms with Crippen LogP contribution in [0, 0.1) is 0 Å². The summed E-state index contributed by atoms with van der Waals surface area (Å²) in [6.07, 6.45) is 22.2. The monoisotopic (exact) mass is 1410 g/mol. The van der Waals surface area contributed by atoms with E-state index in [1.54, 1.807) is 18.6 Å². The second-order valence-electron chi connectivity index (χ2n) is 27.8. The zero-order chi connectivity index (χ0) is 71.6. The number of hydrogen-bond acceptors (Lipinski definition) is 22. The molecule has 104 heavy (non-hydrogen) atoms. The molecular weight excluding hydrogens is 1310 g/mol. The number of likely N-dealkylation sites (tertiary alicyclic amines) is 2. The van der Waals surface area contributed by atoms with Crippen LogP contribution in [0.3, 0.4) is 0 Å². The first-order chi connectivity index (χ1) is 51.0. The van der Waals surface area contributed by atoms with Crippen molar-refractivity contribution in [1.82, 2.24) is 118 Å². The lowest BCUT2D eigenvalue weighted by atomic mass is 10.1. The average molecular weight is 1410 g/mol. The van der Waals surface area contributed by atoms with Crippen LogP contribution in [0.15, 0.2) is 147 Å². The van der Waals surface area contributed by atoms with Crippen molar-refractivity contribution in [1.29, 1.82) is 0 Å². The van der Waals surface area contributed by atoms with Gasteiger partial charge in [0.2, 0.25) is 17.8 Å². The first-order valence-corrected chi connectivity index (χ1v) is 37.0. The molecule has 3 fully saturated rings. The standard InChI is InChI=1S/C26H35N9.C25H33N9O.C25H33N9/c1-20(2)22-18-29-35-25(22)30-24(19-32(3)15-16-33-12-6-7-13-33)31-26(35)27-17-21-9-4-5-10-23(21)34-14-8-11-28-34;1-19(2)21-17-29-34-24(21)30-23(18-26-9-11-32-12-14-35-15-13-32)31-25(34)27-16-20-6-3-4-7-22(20)33-10-5-8-28-33;1-19(2)21-17-29-34-24(21)30-23(18-26-11-15-32-12-5-6-13-32)31-25(34)27-16-20-8-3-4-9-22(20)33-14-7-10-28-33/h4-5,8-11,14,18,20H,6-7,12-13,15-17,19H2,1-3H3,(H,27,30,31);3-8,10,17,19,26H,9,11-16,18H2,1-2H3,(H,27,30,31);3-4,7-10,14,17,19,26H,5-6,11-13,15-16,18H2,1-2H3,(H,27,30,31). The van der Waals surface area contributed by atoms with Gasteiger partial charge in [0.15, 0.2) is 16.9 Å².